The smallest absolute Gasteiger partial charge is 0.408 e. The summed E-state index contributed by atoms with van der Waals surface area (Å²) in [4.78, 5) is 37.2. The van der Waals surface area contributed by atoms with Gasteiger partial charge in [0.25, 0.3) is 0 Å². The van der Waals surface area contributed by atoms with Crippen molar-refractivity contribution in [3.8, 4) is 0 Å². The second-order valence-electron chi connectivity index (χ2n) is 7.68. The standard InChI is InChI=1S/C17H31N3O4/c1-12(2)10-14(21)19-13-6-8-20(9-7-13)15(22)11-18-16(23)24-17(3,4)5/h12-13H,6-11H2,1-5H3,(H,18,23)(H,19,21). The van der Waals surface area contributed by atoms with E-state index in [9.17, 15) is 14.4 Å². The van der Waals surface area contributed by atoms with E-state index in [1.807, 2.05) is 13.8 Å². The number of carbonyl (C=O) groups excluding carboxylic acids is 3. The molecule has 3 amide bonds. The van der Waals surface area contributed by atoms with Gasteiger partial charge in [-0.15, -0.1) is 0 Å². The van der Waals surface area contributed by atoms with E-state index in [-0.39, 0.29) is 24.4 Å². The molecule has 1 saturated heterocycles. The molecule has 24 heavy (non-hydrogen) atoms. The van der Waals surface area contributed by atoms with E-state index in [4.69, 9.17) is 4.74 Å². The van der Waals surface area contributed by atoms with Crippen LogP contribution < -0.4 is 10.6 Å². The number of hydrogen-bond acceptors (Lipinski definition) is 4. The average molecular weight is 341 g/mol. The molecule has 0 aliphatic carbocycles. The molecule has 0 aromatic heterocycles. The van der Waals surface area contributed by atoms with Crippen molar-refractivity contribution in [3.63, 3.8) is 0 Å². The molecule has 0 aromatic rings. The monoisotopic (exact) mass is 341 g/mol. The summed E-state index contributed by atoms with van der Waals surface area (Å²) in [5.74, 6) is 0.278. The summed E-state index contributed by atoms with van der Waals surface area (Å²) >= 11 is 0. The highest BCUT2D eigenvalue weighted by Gasteiger charge is 2.24. The van der Waals surface area contributed by atoms with E-state index < -0.39 is 11.7 Å². The molecule has 7 nitrogen and oxygen atoms in total. The van der Waals surface area contributed by atoms with Crippen LogP contribution in [0.3, 0.4) is 0 Å². The predicted molar refractivity (Wildman–Crippen MR) is 91.4 cm³/mol. The first-order valence-electron chi connectivity index (χ1n) is 8.61. The predicted octanol–water partition coefficient (Wildman–Crippen LogP) is 1.66. The molecule has 0 atom stereocenters. The number of ether oxygens (including phenoxy) is 1. The Morgan fingerprint density at radius 3 is 2.25 bits per heavy atom. The maximum Gasteiger partial charge on any atom is 0.408 e. The Kier molecular flexibility index (Phi) is 7.51. The van der Waals surface area contributed by atoms with Crippen LogP contribution in [0.15, 0.2) is 0 Å². The van der Waals surface area contributed by atoms with Gasteiger partial charge in [0.1, 0.15) is 12.1 Å². The van der Waals surface area contributed by atoms with Gasteiger partial charge in [0.05, 0.1) is 0 Å². The highest BCUT2D eigenvalue weighted by molar-refractivity contribution is 5.82. The minimum absolute atomic E-state index is 0.0702. The summed E-state index contributed by atoms with van der Waals surface area (Å²) < 4.78 is 5.10. The lowest BCUT2D eigenvalue weighted by atomic mass is 10.0. The molecule has 0 aromatic carbocycles. The van der Waals surface area contributed by atoms with Crippen molar-refractivity contribution in [1.82, 2.24) is 15.5 Å². The van der Waals surface area contributed by atoms with Crippen LogP contribution in [0.4, 0.5) is 4.79 Å². The van der Waals surface area contributed by atoms with E-state index in [0.717, 1.165) is 12.8 Å². The molecular formula is C17H31N3O4. The second-order valence-corrected chi connectivity index (χ2v) is 7.68. The number of amides is 3. The molecule has 1 rings (SSSR count). The van der Waals surface area contributed by atoms with Gasteiger partial charge in [-0.2, -0.15) is 0 Å². The van der Waals surface area contributed by atoms with Crippen LogP contribution in [0.2, 0.25) is 0 Å². The van der Waals surface area contributed by atoms with Crippen LogP contribution in [0.5, 0.6) is 0 Å². The van der Waals surface area contributed by atoms with Crippen molar-refractivity contribution in [2.75, 3.05) is 19.6 Å². The van der Waals surface area contributed by atoms with Gasteiger partial charge in [-0.25, -0.2) is 4.79 Å². The first-order valence-corrected chi connectivity index (χ1v) is 8.61. The molecule has 0 saturated carbocycles. The number of rotatable bonds is 5. The molecular weight excluding hydrogens is 310 g/mol. The Labute approximate surface area is 144 Å². The van der Waals surface area contributed by atoms with E-state index in [1.54, 1.807) is 25.7 Å². The van der Waals surface area contributed by atoms with Crippen LogP contribution in [0.25, 0.3) is 0 Å². The molecule has 1 aliphatic heterocycles. The van der Waals surface area contributed by atoms with Crippen molar-refractivity contribution in [2.24, 2.45) is 5.92 Å². The van der Waals surface area contributed by atoms with Crippen molar-refractivity contribution in [2.45, 2.75) is 65.5 Å². The van der Waals surface area contributed by atoms with Crippen LogP contribution >= 0.6 is 0 Å². The van der Waals surface area contributed by atoms with Crippen LogP contribution in [-0.2, 0) is 14.3 Å². The number of nitrogens with zero attached hydrogens (tertiary/aromatic N) is 1. The fourth-order valence-electron chi connectivity index (χ4n) is 2.50. The number of nitrogens with one attached hydrogen (secondary N) is 2. The van der Waals surface area contributed by atoms with Crippen molar-refractivity contribution in [3.05, 3.63) is 0 Å². The lowest BCUT2D eigenvalue weighted by Gasteiger charge is -2.32. The third kappa shape index (κ3) is 8.17. The summed E-state index contributed by atoms with van der Waals surface area (Å²) in [5.41, 5.74) is -0.584. The fourth-order valence-corrected chi connectivity index (χ4v) is 2.50. The van der Waals surface area contributed by atoms with Crippen LogP contribution in [-0.4, -0.2) is 54.1 Å². The van der Waals surface area contributed by atoms with Crippen LogP contribution in [0, 0.1) is 5.92 Å². The zero-order valence-electron chi connectivity index (χ0n) is 15.5. The SMILES string of the molecule is CC(C)CC(=O)NC1CCN(C(=O)CNC(=O)OC(C)(C)C)CC1. The quantitative estimate of drug-likeness (QED) is 0.796. The van der Waals surface area contributed by atoms with Crippen molar-refractivity contribution in [1.29, 1.82) is 0 Å². The summed E-state index contributed by atoms with van der Waals surface area (Å²) in [5, 5.41) is 5.50. The molecule has 1 heterocycles. The topological polar surface area (TPSA) is 87.7 Å². The Balaban J connectivity index is 2.28. The van der Waals surface area contributed by atoms with Gasteiger partial charge in [-0.05, 0) is 39.5 Å². The summed E-state index contributed by atoms with van der Waals surface area (Å²) in [6.45, 7) is 10.4. The van der Waals surface area contributed by atoms with Crippen molar-refractivity contribution < 1.29 is 19.1 Å². The molecule has 1 fully saturated rings. The normalized spacial score (nSPS) is 16.0. The first kappa shape index (κ1) is 20.3. The number of carbonyl (C=O) groups is 3. The molecule has 0 radical (unpaired) electrons. The third-order valence-electron chi connectivity index (χ3n) is 3.59. The van der Waals surface area contributed by atoms with E-state index in [2.05, 4.69) is 10.6 Å². The van der Waals surface area contributed by atoms with E-state index in [0.29, 0.717) is 25.4 Å². The molecule has 2 N–H and O–H groups in total. The minimum atomic E-state index is -0.591. The highest BCUT2D eigenvalue weighted by atomic mass is 16.6. The van der Waals surface area contributed by atoms with Crippen molar-refractivity contribution >= 4 is 17.9 Å². The van der Waals surface area contributed by atoms with Gasteiger partial charge >= 0.3 is 6.09 Å². The van der Waals surface area contributed by atoms with E-state index in [1.165, 1.54) is 0 Å². The summed E-state index contributed by atoms with van der Waals surface area (Å²) in [6.07, 6.45) is 1.41. The second kappa shape index (κ2) is 8.89. The number of piperidine rings is 1. The lowest BCUT2D eigenvalue weighted by Crippen LogP contribution is -2.49. The fraction of sp³-hybridized carbons (Fsp3) is 0.824. The molecule has 0 unspecified atom stereocenters. The molecule has 0 bridgehead atoms. The van der Waals surface area contributed by atoms with Gasteiger partial charge in [0, 0.05) is 25.6 Å². The molecule has 1 aliphatic rings. The molecule has 0 spiro atoms. The summed E-state index contributed by atoms with van der Waals surface area (Å²) in [6, 6.07) is 0.124. The highest BCUT2D eigenvalue weighted by Crippen LogP contribution is 2.11. The Hall–Kier alpha value is -1.79. The number of likely N-dealkylation sites (tertiary alicyclic amines) is 1. The van der Waals surface area contributed by atoms with Gasteiger partial charge < -0.3 is 20.3 Å². The Morgan fingerprint density at radius 2 is 1.75 bits per heavy atom. The molecule has 7 heteroatoms. The maximum atomic E-state index is 12.1. The third-order valence-corrected chi connectivity index (χ3v) is 3.59. The first-order chi connectivity index (χ1) is 11.1. The van der Waals surface area contributed by atoms with Crippen LogP contribution in [0.1, 0.15) is 53.9 Å². The van der Waals surface area contributed by atoms with Gasteiger partial charge in [-0.1, -0.05) is 13.8 Å². The van der Waals surface area contributed by atoms with E-state index >= 15 is 0 Å². The lowest BCUT2D eigenvalue weighted by molar-refractivity contribution is -0.131. The zero-order chi connectivity index (χ0) is 18.3. The zero-order valence-corrected chi connectivity index (χ0v) is 15.5. The Bertz CT molecular complexity index is 449. The summed E-state index contributed by atoms with van der Waals surface area (Å²) in [7, 11) is 0. The molecule has 138 valence electrons. The van der Waals surface area contributed by atoms with Gasteiger partial charge in [0.2, 0.25) is 11.8 Å². The number of hydrogen-bond donors (Lipinski definition) is 2. The maximum absolute atomic E-state index is 12.1. The number of alkyl carbamates (subject to hydrolysis) is 1. The van der Waals surface area contributed by atoms with Gasteiger partial charge in [0.15, 0.2) is 0 Å². The minimum Gasteiger partial charge on any atom is -0.444 e. The largest absolute Gasteiger partial charge is 0.444 e. The van der Waals surface area contributed by atoms with Gasteiger partial charge in [-0.3, -0.25) is 9.59 Å². The average Bonchev–Trinajstić information content (AvgIpc) is 2.42. The Morgan fingerprint density at radius 1 is 1.17 bits per heavy atom.